The molecule has 0 heterocycles. The number of carbonyl (C=O) groups excluding carboxylic acids is 3. The minimum atomic E-state index is -0.974. The summed E-state index contributed by atoms with van der Waals surface area (Å²) in [6.45, 7) is 16.8. The average molecular weight is 544 g/mol. The predicted molar refractivity (Wildman–Crippen MR) is 161 cm³/mol. The van der Waals surface area contributed by atoms with E-state index in [9.17, 15) is 14.4 Å². The molecule has 0 saturated carbocycles. The van der Waals surface area contributed by atoms with Gasteiger partial charge < -0.3 is 20.3 Å². The summed E-state index contributed by atoms with van der Waals surface area (Å²) in [5.41, 5.74) is 2.50. The molecule has 0 radical (unpaired) electrons. The van der Waals surface area contributed by atoms with E-state index in [2.05, 4.69) is 17.2 Å². The SMILES string of the molecule is C=CCN(C(=O)C(NC(=O)OC(C)(C)C)C(C)C)C(C(=O)Nc1ccc2ccccc2c1)c1cccc(C)c1C. The van der Waals surface area contributed by atoms with Crippen LogP contribution in [0.15, 0.2) is 73.3 Å². The van der Waals surface area contributed by atoms with Crippen molar-refractivity contribution in [2.24, 2.45) is 5.92 Å². The molecule has 7 heteroatoms. The molecule has 0 fully saturated rings. The van der Waals surface area contributed by atoms with Crippen molar-refractivity contribution in [3.8, 4) is 0 Å². The van der Waals surface area contributed by atoms with Gasteiger partial charge in [0.25, 0.3) is 5.91 Å². The number of anilines is 1. The van der Waals surface area contributed by atoms with Gasteiger partial charge in [-0.1, -0.05) is 68.5 Å². The van der Waals surface area contributed by atoms with E-state index in [1.807, 2.05) is 88.4 Å². The highest BCUT2D eigenvalue weighted by Crippen LogP contribution is 2.30. The molecule has 40 heavy (non-hydrogen) atoms. The van der Waals surface area contributed by atoms with E-state index in [-0.39, 0.29) is 18.4 Å². The Morgan fingerprint density at radius 3 is 2.27 bits per heavy atom. The molecule has 212 valence electrons. The Bertz CT molecular complexity index is 1390. The van der Waals surface area contributed by atoms with E-state index in [1.54, 1.807) is 26.8 Å². The molecule has 2 N–H and O–H groups in total. The van der Waals surface area contributed by atoms with Crippen LogP contribution in [0.25, 0.3) is 10.8 Å². The number of fused-ring (bicyclic) bond motifs is 1. The van der Waals surface area contributed by atoms with Gasteiger partial charge >= 0.3 is 6.09 Å². The Kier molecular flexibility index (Phi) is 9.74. The summed E-state index contributed by atoms with van der Waals surface area (Å²) >= 11 is 0. The van der Waals surface area contributed by atoms with Crippen LogP contribution < -0.4 is 10.6 Å². The maximum absolute atomic E-state index is 14.1. The zero-order chi connectivity index (χ0) is 29.6. The van der Waals surface area contributed by atoms with Gasteiger partial charge in [-0.15, -0.1) is 6.58 Å². The number of hydrogen-bond donors (Lipinski definition) is 2. The van der Waals surface area contributed by atoms with Crippen LogP contribution in [0.3, 0.4) is 0 Å². The van der Waals surface area contributed by atoms with Gasteiger partial charge in [-0.25, -0.2) is 4.79 Å². The normalized spacial score (nSPS) is 12.9. The molecule has 0 spiro atoms. The molecule has 0 aliphatic carbocycles. The van der Waals surface area contributed by atoms with Crippen molar-refractivity contribution in [1.82, 2.24) is 10.2 Å². The number of aryl methyl sites for hydroxylation is 1. The van der Waals surface area contributed by atoms with Gasteiger partial charge in [0.05, 0.1) is 0 Å². The monoisotopic (exact) mass is 543 g/mol. The Morgan fingerprint density at radius 1 is 0.975 bits per heavy atom. The lowest BCUT2D eigenvalue weighted by Crippen LogP contribution is -2.54. The summed E-state index contributed by atoms with van der Waals surface area (Å²) in [6, 6.07) is 17.4. The smallest absolute Gasteiger partial charge is 0.408 e. The highest BCUT2D eigenvalue weighted by molar-refractivity contribution is 6.00. The van der Waals surface area contributed by atoms with Gasteiger partial charge in [0.15, 0.2) is 0 Å². The minimum absolute atomic E-state index is 0.0985. The molecule has 3 aromatic carbocycles. The number of amides is 3. The molecule has 3 rings (SSSR count). The first-order valence-corrected chi connectivity index (χ1v) is 13.6. The van der Waals surface area contributed by atoms with E-state index in [4.69, 9.17) is 4.74 Å². The molecule has 0 bridgehead atoms. The second-order valence-corrected chi connectivity index (χ2v) is 11.4. The van der Waals surface area contributed by atoms with Crippen LogP contribution in [-0.2, 0) is 14.3 Å². The molecule has 2 atom stereocenters. The third kappa shape index (κ3) is 7.50. The van der Waals surface area contributed by atoms with Crippen LogP contribution in [0.5, 0.6) is 0 Å². The van der Waals surface area contributed by atoms with E-state index in [0.717, 1.165) is 21.9 Å². The van der Waals surface area contributed by atoms with Crippen molar-refractivity contribution in [3.63, 3.8) is 0 Å². The van der Waals surface area contributed by atoms with Crippen LogP contribution in [-0.4, -0.2) is 41.0 Å². The van der Waals surface area contributed by atoms with Gasteiger partial charge in [0.2, 0.25) is 5.91 Å². The van der Waals surface area contributed by atoms with E-state index >= 15 is 0 Å². The summed E-state index contributed by atoms with van der Waals surface area (Å²) in [4.78, 5) is 42.4. The first kappa shape index (κ1) is 30.4. The van der Waals surface area contributed by atoms with Crippen molar-refractivity contribution in [2.75, 3.05) is 11.9 Å². The maximum Gasteiger partial charge on any atom is 0.408 e. The Hall–Kier alpha value is -4.13. The third-order valence-corrected chi connectivity index (χ3v) is 6.73. The predicted octanol–water partition coefficient (Wildman–Crippen LogP) is 6.70. The lowest BCUT2D eigenvalue weighted by molar-refractivity contribution is -0.141. The largest absolute Gasteiger partial charge is 0.444 e. The van der Waals surface area contributed by atoms with Gasteiger partial charge in [0.1, 0.15) is 17.7 Å². The van der Waals surface area contributed by atoms with Crippen LogP contribution in [0.4, 0.5) is 10.5 Å². The molecule has 0 aliphatic heterocycles. The highest BCUT2D eigenvalue weighted by atomic mass is 16.6. The standard InChI is InChI=1S/C33H41N3O4/c1-9-19-36(31(38)28(21(2)3)35-32(39)40-33(6,7)8)29(27-16-12-13-22(4)23(27)5)30(37)34-26-18-17-24-14-10-11-15-25(24)20-26/h9-18,20-21,28-29H,1,19H2,2-8H3,(H,34,37)(H,35,39). The van der Waals surface area contributed by atoms with E-state index in [0.29, 0.717) is 11.3 Å². The number of nitrogens with one attached hydrogen (secondary N) is 2. The van der Waals surface area contributed by atoms with Crippen molar-refractivity contribution < 1.29 is 19.1 Å². The van der Waals surface area contributed by atoms with Gasteiger partial charge in [-0.3, -0.25) is 9.59 Å². The van der Waals surface area contributed by atoms with Crippen molar-refractivity contribution in [1.29, 1.82) is 0 Å². The van der Waals surface area contributed by atoms with Crippen molar-refractivity contribution in [2.45, 2.75) is 66.2 Å². The van der Waals surface area contributed by atoms with Crippen LogP contribution in [0.1, 0.15) is 57.4 Å². The number of carbonyl (C=O) groups is 3. The maximum atomic E-state index is 14.1. The third-order valence-electron chi connectivity index (χ3n) is 6.73. The lowest BCUT2D eigenvalue weighted by Gasteiger charge is -2.35. The second-order valence-electron chi connectivity index (χ2n) is 11.4. The summed E-state index contributed by atoms with van der Waals surface area (Å²) in [5, 5.41) is 7.82. The molecule has 0 saturated heterocycles. The number of alkyl carbamates (subject to hydrolysis) is 1. The summed E-state index contributed by atoms with van der Waals surface area (Å²) in [7, 11) is 0. The van der Waals surface area contributed by atoms with Crippen LogP contribution in [0.2, 0.25) is 0 Å². The highest BCUT2D eigenvalue weighted by Gasteiger charge is 2.37. The van der Waals surface area contributed by atoms with Crippen molar-refractivity contribution >= 4 is 34.4 Å². The Balaban J connectivity index is 2.05. The minimum Gasteiger partial charge on any atom is -0.444 e. The van der Waals surface area contributed by atoms with E-state index in [1.165, 1.54) is 4.90 Å². The number of hydrogen-bond acceptors (Lipinski definition) is 4. The number of ether oxygens (including phenoxy) is 1. The molecule has 7 nitrogen and oxygen atoms in total. The zero-order valence-corrected chi connectivity index (χ0v) is 24.6. The molecule has 3 aromatic rings. The first-order chi connectivity index (χ1) is 18.8. The van der Waals surface area contributed by atoms with Crippen LogP contribution in [0, 0.1) is 19.8 Å². The Labute approximate surface area is 237 Å². The summed E-state index contributed by atoms with van der Waals surface area (Å²) in [6.07, 6.45) is 0.895. The fourth-order valence-corrected chi connectivity index (χ4v) is 4.59. The van der Waals surface area contributed by atoms with Gasteiger partial charge in [0, 0.05) is 12.2 Å². The fraction of sp³-hybridized carbons (Fsp3) is 0.364. The quantitative estimate of drug-likeness (QED) is 0.294. The van der Waals surface area contributed by atoms with Gasteiger partial charge in [-0.05, 0) is 80.1 Å². The number of benzene rings is 3. The average Bonchev–Trinajstić information content (AvgIpc) is 2.87. The molecular weight excluding hydrogens is 502 g/mol. The Morgan fingerprint density at radius 2 is 1.65 bits per heavy atom. The topological polar surface area (TPSA) is 87.7 Å². The first-order valence-electron chi connectivity index (χ1n) is 13.6. The summed E-state index contributed by atoms with van der Waals surface area (Å²) < 4.78 is 5.43. The lowest BCUT2D eigenvalue weighted by atomic mass is 9.94. The second kappa shape index (κ2) is 12.8. The molecule has 3 amide bonds. The molecular formula is C33H41N3O4. The zero-order valence-electron chi connectivity index (χ0n) is 24.6. The molecule has 0 aromatic heterocycles. The fourth-order valence-electron chi connectivity index (χ4n) is 4.59. The number of rotatable bonds is 9. The molecule has 2 unspecified atom stereocenters. The van der Waals surface area contributed by atoms with Crippen molar-refractivity contribution in [3.05, 3.63) is 90.0 Å². The number of nitrogens with zero attached hydrogens (tertiary/aromatic N) is 1. The summed E-state index contributed by atoms with van der Waals surface area (Å²) in [5.74, 6) is -1.03. The van der Waals surface area contributed by atoms with E-state index < -0.39 is 29.7 Å². The molecule has 0 aliphatic rings. The van der Waals surface area contributed by atoms with Crippen LogP contribution >= 0.6 is 0 Å². The van der Waals surface area contributed by atoms with Gasteiger partial charge in [-0.2, -0.15) is 0 Å².